The number of rotatable bonds is 8. The molecule has 5 rings (SSSR count). The monoisotopic (exact) mass is 593 g/mol. The summed E-state index contributed by atoms with van der Waals surface area (Å²) in [6.45, 7) is -0.606. The predicted octanol–water partition coefficient (Wildman–Crippen LogP) is 5.89. The SMILES string of the molecule is O=C(CN(C(=O)c1ccc(Cl)cc1Cl)N1C(=O)[C@H]2CC=CC[C@@H]2C1=O)c1ccc(Oc2ccc([N+](=O)[O-])cc2)cc1. The van der Waals surface area contributed by atoms with Crippen LogP contribution >= 0.6 is 23.2 Å². The van der Waals surface area contributed by atoms with Gasteiger partial charge in [0, 0.05) is 22.7 Å². The zero-order chi connectivity index (χ0) is 29.3. The minimum Gasteiger partial charge on any atom is -0.457 e. The highest BCUT2D eigenvalue weighted by Crippen LogP contribution is 2.37. The van der Waals surface area contributed by atoms with Crippen molar-refractivity contribution in [2.24, 2.45) is 11.8 Å². The van der Waals surface area contributed by atoms with Crippen molar-refractivity contribution in [2.45, 2.75) is 12.8 Å². The highest BCUT2D eigenvalue weighted by molar-refractivity contribution is 6.36. The predicted molar refractivity (Wildman–Crippen MR) is 149 cm³/mol. The van der Waals surface area contributed by atoms with Gasteiger partial charge in [-0.25, -0.2) is 5.01 Å². The number of nitro benzene ring substituents is 1. The molecule has 1 saturated heterocycles. The number of imide groups is 1. The van der Waals surface area contributed by atoms with Crippen molar-refractivity contribution >= 4 is 52.4 Å². The van der Waals surface area contributed by atoms with Gasteiger partial charge in [-0.3, -0.25) is 29.3 Å². The molecule has 3 amide bonds. The Labute approximate surface area is 243 Å². The lowest BCUT2D eigenvalue weighted by Gasteiger charge is -2.30. The van der Waals surface area contributed by atoms with Crippen LogP contribution in [0.25, 0.3) is 0 Å². The molecule has 1 fully saturated rings. The lowest BCUT2D eigenvalue weighted by Crippen LogP contribution is -2.52. The van der Waals surface area contributed by atoms with Crippen molar-refractivity contribution in [2.75, 3.05) is 6.54 Å². The summed E-state index contributed by atoms with van der Waals surface area (Å²) >= 11 is 12.2. The molecule has 2 atom stereocenters. The Morgan fingerprint density at radius 1 is 0.902 bits per heavy atom. The Kier molecular flexibility index (Phi) is 7.87. The van der Waals surface area contributed by atoms with Crippen LogP contribution in [0.5, 0.6) is 11.5 Å². The van der Waals surface area contributed by atoms with Crippen LogP contribution in [0.15, 0.2) is 78.9 Å². The maximum absolute atomic E-state index is 13.7. The summed E-state index contributed by atoms with van der Waals surface area (Å²) < 4.78 is 5.68. The van der Waals surface area contributed by atoms with E-state index in [1.807, 2.05) is 12.2 Å². The minimum absolute atomic E-state index is 0.00544. The van der Waals surface area contributed by atoms with Gasteiger partial charge in [-0.05, 0) is 67.4 Å². The van der Waals surface area contributed by atoms with Crippen molar-refractivity contribution in [3.05, 3.63) is 110 Å². The van der Waals surface area contributed by atoms with Crippen molar-refractivity contribution in [1.29, 1.82) is 0 Å². The molecule has 1 aliphatic heterocycles. The number of hydrogen-bond acceptors (Lipinski definition) is 7. The van der Waals surface area contributed by atoms with E-state index in [1.54, 1.807) is 0 Å². The minimum atomic E-state index is -0.800. The third kappa shape index (κ3) is 5.70. The van der Waals surface area contributed by atoms with Crippen LogP contribution in [-0.4, -0.2) is 45.0 Å². The zero-order valence-corrected chi connectivity index (χ0v) is 22.7. The van der Waals surface area contributed by atoms with E-state index in [9.17, 15) is 29.3 Å². The van der Waals surface area contributed by atoms with Crippen LogP contribution < -0.4 is 4.74 Å². The van der Waals surface area contributed by atoms with Gasteiger partial charge in [-0.15, -0.1) is 0 Å². The average molecular weight is 594 g/mol. The second-order valence-electron chi connectivity index (χ2n) is 9.43. The molecule has 0 unspecified atom stereocenters. The number of hydrazine groups is 1. The quantitative estimate of drug-likeness (QED) is 0.105. The Hall–Kier alpha value is -4.54. The number of fused-ring (bicyclic) bond motifs is 1. The van der Waals surface area contributed by atoms with Crippen LogP contribution in [0, 0.1) is 22.0 Å². The van der Waals surface area contributed by atoms with Crippen molar-refractivity contribution in [3.63, 3.8) is 0 Å². The maximum Gasteiger partial charge on any atom is 0.274 e. The standard InChI is InChI=1S/C29H21Cl2N3O7/c30-18-7-14-24(25(31)15-18)27(36)32(33-28(37)22-3-1-2-4-23(22)29(33)38)16-26(35)17-5-10-20(11-6-17)41-21-12-8-19(9-13-21)34(39)40/h1-2,5-15,22-23H,3-4,16H2/t22-,23-/m0/s1. The summed E-state index contributed by atoms with van der Waals surface area (Å²) in [7, 11) is 0. The van der Waals surface area contributed by atoms with E-state index >= 15 is 0 Å². The molecule has 208 valence electrons. The fourth-order valence-electron chi connectivity index (χ4n) is 4.76. The Morgan fingerprint density at radius 2 is 1.46 bits per heavy atom. The molecule has 41 heavy (non-hydrogen) atoms. The van der Waals surface area contributed by atoms with Crippen molar-refractivity contribution in [3.8, 4) is 11.5 Å². The molecule has 2 aliphatic rings. The van der Waals surface area contributed by atoms with E-state index < -0.39 is 46.8 Å². The van der Waals surface area contributed by atoms with Crippen LogP contribution in [0.1, 0.15) is 33.6 Å². The first kappa shape index (κ1) is 28.0. The molecule has 0 bridgehead atoms. The average Bonchev–Trinajstić information content (AvgIpc) is 3.21. The van der Waals surface area contributed by atoms with E-state index in [2.05, 4.69) is 0 Å². The molecule has 0 spiro atoms. The first-order chi connectivity index (χ1) is 19.6. The number of allylic oxidation sites excluding steroid dienone is 2. The molecule has 10 nitrogen and oxygen atoms in total. The van der Waals surface area contributed by atoms with E-state index in [4.69, 9.17) is 27.9 Å². The fraction of sp³-hybridized carbons (Fsp3) is 0.172. The van der Waals surface area contributed by atoms with Crippen LogP contribution in [0.4, 0.5) is 5.69 Å². The molecule has 1 aliphatic carbocycles. The number of nitro groups is 1. The van der Waals surface area contributed by atoms with Crippen molar-refractivity contribution in [1.82, 2.24) is 10.0 Å². The number of non-ortho nitro benzene ring substituents is 1. The highest BCUT2D eigenvalue weighted by atomic mass is 35.5. The maximum atomic E-state index is 13.7. The molecule has 0 aromatic heterocycles. The van der Waals surface area contributed by atoms with Gasteiger partial charge >= 0.3 is 0 Å². The molecule has 3 aromatic carbocycles. The summed E-state index contributed by atoms with van der Waals surface area (Å²) in [4.78, 5) is 64.0. The third-order valence-electron chi connectivity index (χ3n) is 6.87. The molecule has 1 heterocycles. The Bertz CT molecular complexity index is 1560. The van der Waals surface area contributed by atoms with Gasteiger partial charge in [0.05, 0.1) is 27.3 Å². The lowest BCUT2D eigenvalue weighted by atomic mass is 9.85. The normalized spacial score (nSPS) is 17.8. The van der Waals surface area contributed by atoms with Gasteiger partial charge in [0.1, 0.15) is 18.0 Å². The fourth-order valence-corrected chi connectivity index (χ4v) is 5.25. The largest absolute Gasteiger partial charge is 0.457 e. The number of carbonyl (C=O) groups is 4. The number of amides is 3. The molecule has 12 heteroatoms. The molecule has 0 N–H and O–H groups in total. The Morgan fingerprint density at radius 3 is 2.00 bits per heavy atom. The summed E-state index contributed by atoms with van der Waals surface area (Å²) in [6.07, 6.45) is 4.37. The van der Waals surface area contributed by atoms with Gasteiger partial charge in [0.15, 0.2) is 5.78 Å². The number of hydrogen-bond donors (Lipinski definition) is 0. The molecule has 3 aromatic rings. The highest BCUT2D eigenvalue weighted by Gasteiger charge is 2.51. The summed E-state index contributed by atoms with van der Waals surface area (Å²) in [5.41, 5.74) is 0.0892. The number of halogens is 2. The smallest absolute Gasteiger partial charge is 0.274 e. The van der Waals surface area contributed by atoms with E-state index in [0.717, 1.165) is 10.0 Å². The number of ether oxygens (including phenoxy) is 1. The summed E-state index contributed by atoms with van der Waals surface area (Å²) in [5, 5.41) is 12.8. The van der Waals surface area contributed by atoms with Crippen LogP contribution in [0.3, 0.4) is 0 Å². The molecular weight excluding hydrogens is 573 g/mol. The van der Waals surface area contributed by atoms with Gasteiger partial charge in [-0.1, -0.05) is 35.4 Å². The van der Waals surface area contributed by atoms with Crippen LogP contribution in [0.2, 0.25) is 10.0 Å². The Balaban J connectivity index is 1.39. The number of benzene rings is 3. The van der Waals surface area contributed by atoms with Gasteiger partial charge in [0.25, 0.3) is 23.4 Å². The van der Waals surface area contributed by atoms with Gasteiger partial charge < -0.3 is 4.74 Å². The first-order valence-electron chi connectivity index (χ1n) is 12.5. The third-order valence-corrected chi connectivity index (χ3v) is 7.42. The van der Waals surface area contributed by atoms with E-state index in [0.29, 0.717) is 24.3 Å². The second-order valence-corrected chi connectivity index (χ2v) is 10.3. The zero-order valence-electron chi connectivity index (χ0n) is 21.2. The van der Waals surface area contributed by atoms with E-state index in [-0.39, 0.29) is 26.9 Å². The first-order valence-corrected chi connectivity index (χ1v) is 13.2. The summed E-state index contributed by atoms with van der Waals surface area (Å²) in [5.74, 6) is -2.97. The van der Waals surface area contributed by atoms with Gasteiger partial charge in [-0.2, -0.15) is 5.01 Å². The number of ketones is 1. The van der Waals surface area contributed by atoms with E-state index in [1.165, 1.54) is 66.7 Å². The number of carbonyl (C=O) groups excluding carboxylic acids is 4. The molecular formula is C29H21Cl2N3O7. The van der Waals surface area contributed by atoms with Crippen molar-refractivity contribution < 1.29 is 28.8 Å². The lowest BCUT2D eigenvalue weighted by molar-refractivity contribution is -0.384. The summed E-state index contributed by atoms with van der Waals surface area (Å²) in [6, 6.07) is 15.6. The number of nitrogens with zero attached hydrogens (tertiary/aromatic N) is 3. The van der Waals surface area contributed by atoms with Crippen LogP contribution in [-0.2, 0) is 9.59 Å². The number of Topliss-reactive ketones (excluding diaryl/α,β-unsaturated/α-hetero) is 1. The van der Waals surface area contributed by atoms with Gasteiger partial charge in [0.2, 0.25) is 0 Å². The molecule has 0 radical (unpaired) electrons. The molecule has 0 saturated carbocycles. The topological polar surface area (TPSA) is 127 Å². The second kappa shape index (κ2) is 11.5.